The summed E-state index contributed by atoms with van der Waals surface area (Å²) in [7, 11) is 0. The van der Waals surface area contributed by atoms with Crippen molar-refractivity contribution >= 4 is 45.7 Å². The van der Waals surface area contributed by atoms with Crippen molar-refractivity contribution in [3.05, 3.63) is 132 Å². The van der Waals surface area contributed by atoms with Crippen LogP contribution in [0.3, 0.4) is 0 Å². The molecule has 0 amide bonds. The highest BCUT2D eigenvalue weighted by Gasteiger charge is 2.33. The first-order valence-electron chi connectivity index (χ1n) is 11.0. The van der Waals surface area contributed by atoms with E-state index in [2.05, 4.69) is 24.3 Å². The summed E-state index contributed by atoms with van der Waals surface area (Å²) in [5.74, 6) is 0.491. The summed E-state index contributed by atoms with van der Waals surface area (Å²) >= 11 is 0. The third kappa shape index (κ3) is 3.24. The normalized spacial score (nSPS) is 12.8. The van der Waals surface area contributed by atoms with Crippen LogP contribution in [-0.2, 0) is 0 Å². The maximum Gasteiger partial charge on any atom is 0.205 e. The molecule has 4 nitrogen and oxygen atoms in total. The molecule has 1 aromatic heterocycles. The molecule has 0 N–H and O–H groups in total. The highest BCUT2D eigenvalue weighted by atomic mass is 16.4. The van der Waals surface area contributed by atoms with Crippen LogP contribution in [0.2, 0.25) is 0 Å². The van der Waals surface area contributed by atoms with E-state index in [0.717, 1.165) is 22.1 Å². The third-order valence-corrected chi connectivity index (χ3v) is 6.05. The summed E-state index contributed by atoms with van der Waals surface area (Å²) in [5, 5.41) is 2.21. The number of Topliss-reactive ketones (excluding diaryl/α,β-unsaturated/α-hetero) is 2. The fraction of sp³-hybridized carbons (Fsp3) is 0. The summed E-state index contributed by atoms with van der Waals surface area (Å²) in [6.07, 6.45) is 1.54. The molecule has 0 bridgehead atoms. The second-order valence-corrected chi connectivity index (χ2v) is 8.11. The van der Waals surface area contributed by atoms with Crippen LogP contribution >= 0.6 is 0 Å². The maximum absolute atomic E-state index is 12.8. The smallest absolute Gasteiger partial charge is 0.205 e. The number of furan rings is 1. The number of fused-ring (bicyclic) bond motifs is 2. The Kier molecular flexibility index (Phi) is 4.70. The van der Waals surface area contributed by atoms with Crippen molar-refractivity contribution in [2.45, 2.75) is 0 Å². The van der Waals surface area contributed by atoms with Crippen LogP contribution in [0.5, 0.6) is 0 Å². The van der Waals surface area contributed by atoms with Crippen LogP contribution in [0.25, 0.3) is 16.8 Å². The lowest BCUT2D eigenvalue weighted by molar-refractivity contribution is 0.0990. The topological polar surface area (TPSA) is 50.5 Å². The van der Waals surface area contributed by atoms with Gasteiger partial charge in [-0.15, -0.1) is 0 Å². The average molecular weight is 441 g/mol. The summed E-state index contributed by atoms with van der Waals surface area (Å²) in [6, 6.07) is 34.8. The van der Waals surface area contributed by atoms with Crippen molar-refractivity contribution in [1.82, 2.24) is 0 Å². The number of anilines is 3. The number of carbonyl (C=O) groups excluding carboxylic acids is 2. The second-order valence-electron chi connectivity index (χ2n) is 8.11. The Bertz CT molecular complexity index is 1550. The Balaban J connectivity index is 1.46. The van der Waals surface area contributed by atoms with Crippen LogP contribution in [0.1, 0.15) is 26.5 Å². The van der Waals surface area contributed by atoms with E-state index in [4.69, 9.17) is 4.42 Å². The molecular formula is C30H19NO3. The van der Waals surface area contributed by atoms with E-state index in [1.807, 2.05) is 59.5 Å². The molecule has 1 aliphatic carbocycles. The molecule has 5 aromatic rings. The highest BCUT2D eigenvalue weighted by molar-refractivity contribution is 6.41. The molecule has 0 spiro atoms. The van der Waals surface area contributed by atoms with Crippen LogP contribution in [0.4, 0.5) is 17.3 Å². The second kappa shape index (κ2) is 8.01. The van der Waals surface area contributed by atoms with Gasteiger partial charge in [-0.3, -0.25) is 14.5 Å². The summed E-state index contributed by atoms with van der Waals surface area (Å²) in [5.41, 5.74) is 2.91. The Morgan fingerprint density at radius 1 is 0.618 bits per heavy atom. The van der Waals surface area contributed by atoms with Crippen LogP contribution in [0, 0.1) is 0 Å². The molecule has 0 saturated heterocycles. The van der Waals surface area contributed by atoms with Gasteiger partial charge >= 0.3 is 0 Å². The van der Waals surface area contributed by atoms with Crippen molar-refractivity contribution in [2.24, 2.45) is 0 Å². The van der Waals surface area contributed by atoms with Crippen molar-refractivity contribution in [2.75, 3.05) is 4.90 Å². The van der Waals surface area contributed by atoms with E-state index in [9.17, 15) is 9.59 Å². The molecule has 1 aliphatic rings. The minimum absolute atomic E-state index is 0.124. The van der Waals surface area contributed by atoms with Gasteiger partial charge in [0.2, 0.25) is 5.88 Å². The zero-order chi connectivity index (χ0) is 23.1. The molecule has 34 heavy (non-hydrogen) atoms. The van der Waals surface area contributed by atoms with Gasteiger partial charge in [-0.05, 0) is 35.7 Å². The Hall–Kier alpha value is -4.70. The fourth-order valence-corrected chi connectivity index (χ4v) is 4.45. The Labute approximate surface area is 196 Å². The van der Waals surface area contributed by atoms with Gasteiger partial charge in [0.1, 0.15) is 5.76 Å². The van der Waals surface area contributed by atoms with Crippen molar-refractivity contribution in [3.63, 3.8) is 0 Å². The molecule has 162 valence electrons. The predicted octanol–water partition coefficient (Wildman–Crippen LogP) is 7.37. The highest BCUT2D eigenvalue weighted by Crippen LogP contribution is 2.40. The van der Waals surface area contributed by atoms with Crippen molar-refractivity contribution in [1.29, 1.82) is 0 Å². The Morgan fingerprint density at radius 3 is 2.03 bits per heavy atom. The number of carbonyl (C=O) groups is 2. The number of para-hydroxylation sites is 1. The largest absolute Gasteiger partial charge is 0.440 e. The first kappa shape index (κ1) is 19.9. The summed E-state index contributed by atoms with van der Waals surface area (Å²) in [6.45, 7) is 0. The van der Waals surface area contributed by atoms with Crippen molar-refractivity contribution in [3.8, 4) is 0 Å². The van der Waals surface area contributed by atoms with Gasteiger partial charge in [0.25, 0.3) is 0 Å². The molecule has 0 unspecified atom stereocenters. The minimum atomic E-state index is -0.271. The molecule has 0 aliphatic heterocycles. The number of rotatable bonds is 4. The minimum Gasteiger partial charge on any atom is -0.440 e. The number of ketones is 2. The molecule has 6 rings (SSSR count). The maximum atomic E-state index is 12.8. The van der Waals surface area contributed by atoms with Gasteiger partial charge in [0.15, 0.2) is 11.6 Å². The summed E-state index contributed by atoms with van der Waals surface area (Å²) < 4.78 is 6.21. The average Bonchev–Trinajstić information content (AvgIpc) is 3.44. The van der Waals surface area contributed by atoms with E-state index in [1.165, 1.54) is 0 Å². The SMILES string of the molecule is O=C1C(=Cc2ccc(N(c3ccccc3)c3cccc4ccccc34)o2)C(=O)c2ccccc21. The van der Waals surface area contributed by atoms with E-state index in [0.29, 0.717) is 22.8 Å². The third-order valence-electron chi connectivity index (χ3n) is 6.05. The van der Waals surface area contributed by atoms with Crippen LogP contribution < -0.4 is 4.90 Å². The first-order chi connectivity index (χ1) is 16.7. The molecule has 4 heteroatoms. The monoisotopic (exact) mass is 441 g/mol. The van der Waals surface area contributed by atoms with E-state index in [-0.39, 0.29) is 17.1 Å². The van der Waals surface area contributed by atoms with Crippen LogP contribution in [0.15, 0.2) is 119 Å². The molecular weight excluding hydrogens is 422 g/mol. The number of hydrogen-bond donors (Lipinski definition) is 0. The number of nitrogens with zero attached hydrogens (tertiary/aromatic N) is 1. The van der Waals surface area contributed by atoms with Gasteiger partial charge < -0.3 is 4.42 Å². The standard InChI is InChI=1S/C30H19NO3/c32-29-24-14-6-7-15-25(24)30(33)26(29)19-22-17-18-28(34-22)31(21-11-2-1-3-12-21)27-16-8-10-20-9-4-5-13-23(20)27/h1-19H. The molecule has 1 heterocycles. The van der Waals surface area contributed by atoms with Gasteiger partial charge in [-0.1, -0.05) is 78.9 Å². The quantitative estimate of drug-likeness (QED) is 0.216. The molecule has 0 radical (unpaired) electrons. The number of hydrogen-bond acceptors (Lipinski definition) is 4. The predicted molar refractivity (Wildman–Crippen MR) is 134 cm³/mol. The zero-order valence-corrected chi connectivity index (χ0v) is 18.1. The molecule has 0 saturated carbocycles. The van der Waals surface area contributed by atoms with Crippen molar-refractivity contribution < 1.29 is 14.0 Å². The number of allylic oxidation sites excluding steroid dienone is 1. The van der Waals surface area contributed by atoms with Gasteiger partial charge in [0, 0.05) is 28.3 Å². The van der Waals surface area contributed by atoms with E-state index >= 15 is 0 Å². The molecule has 0 atom stereocenters. The summed E-state index contributed by atoms with van der Waals surface area (Å²) in [4.78, 5) is 27.6. The van der Waals surface area contributed by atoms with Gasteiger partial charge in [-0.25, -0.2) is 0 Å². The Morgan fingerprint density at radius 2 is 1.26 bits per heavy atom. The van der Waals surface area contributed by atoms with Gasteiger partial charge in [-0.2, -0.15) is 0 Å². The molecule has 0 fully saturated rings. The fourth-order valence-electron chi connectivity index (χ4n) is 4.45. The van der Waals surface area contributed by atoms with E-state index in [1.54, 1.807) is 36.4 Å². The lowest BCUT2D eigenvalue weighted by Crippen LogP contribution is -2.09. The lowest BCUT2D eigenvalue weighted by Gasteiger charge is -2.24. The number of benzene rings is 4. The van der Waals surface area contributed by atoms with Gasteiger partial charge in [0.05, 0.1) is 11.3 Å². The van der Waals surface area contributed by atoms with E-state index < -0.39 is 0 Å². The first-order valence-corrected chi connectivity index (χ1v) is 11.0. The zero-order valence-electron chi connectivity index (χ0n) is 18.1. The van der Waals surface area contributed by atoms with Crippen LogP contribution in [-0.4, -0.2) is 11.6 Å². The molecule has 4 aromatic carbocycles. The lowest BCUT2D eigenvalue weighted by atomic mass is 10.1.